The predicted molar refractivity (Wildman–Crippen MR) is 51.7 cm³/mol. The quantitative estimate of drug-likeness (QED) is 0.474. The van der Waals surface area contributed by atoms with Crippen LogP contribution in [0, 0.1) is 16.7 Å². The van der Waals surface area contributed by atoms with Gasteiger partial charge in [0.15, 0.2) is 0 Å². The first-order chi connectivity index (χ1) is 5.45. The summed E-state index contributed by atoms with van der Waals surface area (Å²) in [5.74, 6) is 0. The second-order valence-corrected chi connectivity index (χ2v) is 4.12. The van der Waals surface area contributed by atoms with Gasteiger partial charge in [-0.1, -0.05) is 32.9 Å². The van der Waals surface area contributed by atoms with Crippen LogP contribution in [-0.4, -0.2) is 25.0 Å². The van der Waals surface area contributed by atoms with Crippen molar-refractivity contribution < 1.29 is 0 Å². The molecule has 0 aromatic rings. The molecule has 0 spiro atoms. The normalized spacial score (nSPS) is 12.3. The Kier molecular flexibility index (Phi) is 4.61. The van der Waals surface area contributed by atoms with Crippen LogP contribution in [0.4, 0.5) is 0 Å². The molecule has 0 unspecified atom stereocenters. The van der Waals surface area contributed by atoms with E-state index < -0.39 is 0 Å². The average molecular weight is 166 g/mol. The molecule has 0 aliphatic carbocycles. The summed E-state index contributed by atoms with van der Waals surface area (Å²) in [6.07, 6.45) is 4.28. The molecule has 12 heavy (non-hydrogen) atoms. The zero-order valence-electron chi connectivity index (χ0n) is 8.46. The zero-order valence-corrected chi connectivity index (χ0v) is 8.46. The van der Waals surface area contributed by atoms with Crippen LogP contribution in [0.1, 0.15) is 20.8 Å². The second-order valence-electron chi connectivity index (χ2n) is 4.12. The van der Waals surface area contributed by atoms with Crippen LogP contribution in [0.15, 0.2) is 12.2 Å². The van der Waals surface area contributed by atoms with Crippen molar-refractivity contribution in [3.63, 3.8) is 0 Å². The summed E-state index contributed by atoms with van der Waals surface area (Å²) in [5.41, 5.74) is 0.244. The smallest absolute Gasteiger partial charge is 0.0866 e. The first kappa shape index (κ1) is 11.2. The molecule has 0 radical (unpaired) electrons. The highest BCUT2D eigenvalue weighted by molar-refractivity contribution is 4.94. The molecule has 0 N–H and O–H groups in total. The van der Waals surface area contributed by atoms with E-state index in [2.05, 4.69) is 39.0 Å². The summed E-state index contributed by atoms with van der Waals surface area (Å²) in [4.78, 5) is 1.97. The molecular formula is C10H18N2. The number of rotatable bonds is 3. The van der Waals surface area contributed by atoms with Gasteiger partial charge in [-0.2, -0.15) is 5.26 Å². The highest BCUT2D eigenvalue weighted by Crippen LogP contribution is 2.13. The number of hydrogen-bond acceptors (Lipinski definition) is 2. The Bertz CT molecular complexity index is 181. The van der Waals surface area contributed by atoms with E-state index in [0.717, 1.165) is 6.54 Å². The monoisotopic (exact) mass is 166 g/mol. The Morgan fingerprint density at radius 2 is 2.00 bits per heavy atom. The Morgan fingerprint density at radius 3 is 2.42 bits per heavy atom. The van der Waals surface area contributed by atoms with Gasteiger partial charge in [0.05, 0.1) is 12.6 Å². The van der Waals surface area contributed by atoms with Gasteiger partial charge < -0.3 is 0 Å². The van der Waals surface area contributed by atoms with E-state index in [1.165, 1.54) is 0 Å². The van der Waals surface area contributed by atoms with Gasteiger partial charge in [0.25, 0.3) is 0 Å². The largest absolute Gasteiger partial charge is 0.290 e. The number of hydrogen-bond donors (Lipinski definition) is 0. The predicted octanol–water partition coefficient (Wildman–Crippen LogP) is 2.04. The number of nitriles is 1. The molecule has 0 saturated heterocycles. The van der Waals surface area contributed by atoms with E-state index in [4.69, 9.17) is 5.26 Å². The van der Waals surface area contributed by atoms with Crippen molar-refractivity contribution in [3.8, 4) is 6.07 Å². The third-order valence-corrected chi connectivity index (χ3v) is 1.38. The standard InChI is InChI=1S/C10H18N2/c1-10(2,3)6-5-8-12(4)9-7-11/h5-6H,8-9H2,1-4H3/b6-5+. The fourth-order valence-corrected chi connectivity index (χ4v) is 0.771. The minimum absolute atomic E-state index is 0.244. The molecule has 0 aliphatic heterocycles. The average Bonchev–Trinajstić information content (AvgIpc) is 1.84. The van der Waals surface area contributed by atoms with E-state index in [0.29, 0.717) is 6.54 Å². The molecule has 0 aromatic heterocycles. The minimum Gasteiger partial charge on any atom is -0.290 e. The van der Waals surface area contributed by atoms with Gasteiger partial charge in [-0.05, 0) is 12.5 Å². The lowest BCUT2D eigenvalue weighted by molar-refractivity contribution is 0.414. The van der Waals surface area contributed by atoms with Crippen LogP contribution in [0.5, 0.6) is 0 Å². The first-order valence-electron chi connectivity index (χ1n) is 4.19. The Hall–Kier alpha value is -0.810. The van der Waals surface area contributed by atoms with Crippen LogP contribution in [0.2, 0.25) is 0 Å². The molecule has 0 saturated carbocycles. The van der Waals surface area contributed by atoms with Crippen molar-refractivity contribution in [1.29, 1.82) is 5.26 Å². The lowest BCUT2D eigenvalue weighted by atomic mass is 9.96. The lowest BCUT2D eigenvalue weighted by Gasteiger charge is -2.13. The van der Waals surface area contributed by atoms with Gasteiger partial charge in [0.2, 0.25) is 0 Å². The molecule has 0 aromatic carbocycles. The van der Waals surface area contributed by atoms with E-state index in [1.54, 1.807) is 0 Å². The maximum absolute atomic E-state index is 8.38. The Balaban J connectivity index is 3.69. The van der Waals surface area contributed by atoms with Gasteiger partial charge in [-0.25, -0.2) is 0 Å². The summed E-state index contributed by atoms with van der Waals surface area (Å²) in [5, 5.41) is 8.38. The van der Waals surface area contributed by atoms with Crippen LogP contribution in [0.25, 0.3) is 0 Å². The van der Waals surface area contributed by atoms with E-state index >= 15 is 0 Å². The second kappa shape index (κ2) is 4.95. The molecule has 0 amide bonds. The maximum atomic E-state index is 8.38. The Labute approximate surface area is 75.5 Å². The molecule has 0 atom stereocenters. The third kappa shape index (κ3) is 7.30. The SMILES string of the molecule is CN(CC#N)C/C=C/C(C)(C)C. The highest BCUT2D eigenvalue weighted by atomic mass is 15.1. The topological polar surface area (TPSA) is 27.0 Å². The van der Waals surface area contributed by atoms with Gasteiger partial charge >= 0.3 is 0 Å². The fraction of sp³-hybridized carbons (Fsp3) is 0.700. The Morgan fingerprint density at radius 1 is 1.42 bits per heavy atom. The molecule has 0 heterocycles. The zero-order chi connectivity index (χ0) is 9.61. The van der Waals surface area contributed by atoms with Crippen molar-refractivity contribution in [1.82, 2.24) is 4.90 Å². The maximum Gasteiger partial charge on any atom is 0.0866 e. The third-order valence-electron chi connectivity index (χ3n) is 1.38. The molecule has 0 bridgehead atoms. The lowest BCUT2D eigenvalue weighted by Crippen LogP contribution is -2.18. The molecule has 2 heteroatoms. The molecule has 68 valence electrons. The van der Waals surface area contributed by atoms with Crippen molar-refractivity contribution >= 4 is 0 Å². The van der Waals surface area contributed by atoms with E-state index in [9.17, 15) is 0 Å². The number of likely N-dealkylation sites (N-methyl/N-ethyl adjacent to an activating group) is 1. The molecule has 0 aliphatic rings. The van der Waals surface area contributed by atoms with Crippen molar-refractivity contribution in [2.75, 3.05) is 20.1 Å². The first-order valence-corrected chi connectivity index (χ1v) is 4.19. The number of nitrogens with zero attached hydrogens (tertiary/aromatic N) is 2. The minimum atomic E-state index is 0.244. The van der Waals surface area contributed by atoms with Gasteiger partial charge in [-0.3, -0.25) is 4.90 Å². The summed E-state index contributed by atoms with van der Waals surface area (Å²) >= 11 is 0. The highest BCUT2D eigenvalue weighted by Gasteiger charge is 2.03. The van der Waals surface area contributed by atoms with Gasteiger partial charge in [0.1, 0.15) is 0 Å². The van der Waals surface area contributed by atoms with Gasteiger partial charge in [0, 0.05) is 6.54 Å². The molecule has 0 rings (SSSR count). The van der Waals surface area contributed by atoms with Crippen LogP contribution in [-0.2, 0) is 0 Å². The van der Waals surface area contributed by atoms with Crippen LogP contribution < -0.4 is 0 Å². The van der Waals surface area contributed by atoms with E-state index in [-0.39, 0.29) is 5.41 Å². The summed E-state index contributed by atoms with van der Waals surface area (Å²) in [6, 6.07) is 2.11. The fourth-order valence-electron chi connectivity index (χ4n) is 0.771. The number of allylic oxidation sites excluding steroid dienone is 1. The summed E-state index contributed by atoms with van der Waals surface area (Å²) in [6.45, 7) is 7.83. The van der Waals surface area contributed by atoms with Crippen LogP contribution in [0.3, 0.4) is 0 Å². The van der Waals surface area contributed by atoms with Crippen LogP contribution >= 0.6 is 0 Å². The van der Waals surface area contributed by atoms with E-state index in [1.807, 2.05) is 11.9 Å². The van der Waals surface area contributed by atoms with Crippen molar-refractivity contribution in [2.24, 2.45) is 5.41 Å². The van der Waals surface area contributed by atoms with Gasteiger partial charge in [-0.15, -0.1) is 0 Å². The summed E-state index contributed by atoms with van der Waals surface area (Å²) < 4.78 is 0. The molecular weight excluding hydrogens is 148 g/mol. The van der Waals surface area contributed by atoms with Crippen molar-refractivity contribution in [3.05, 3.63) is 12.2 Å². The summed E-state index contributed by atoms with van der Waals surface area (Å²) in [7, 11) is 1.94. The molecule has 0 fully saturated rings. The van der Waals surface area contributed by atoms with Crippen molar-refractivity contribution in [2.45, 2.75) is 20.8 Å². The molecule has 2 nitrogen and oxygen atoms in total.